The zero-order chi connectivity index (χ0) is 41.8. The fraction of sp³-hybridized carbons (Fsp3) is 0.537. The van der Waals surface area contributed by atoms with E-state index in [4.69, 9.17) is 30.5 Å². The van der Waals surface area contributed by atoms with Crippen molar-refractivity contribution in [3.63, 3.8) is 0 Å². The Morgan fingerprint density at radius 2 is 1.16 bits per heavy atom. The van der Waals surface area contributed by atoms with Crippen LogP contribution in [0.4, 0.5) is 33.5 Å². The van der Waals surface area contributed by atoms with Crippen LogP contribution < -0.4 is 25.8 Å². The summed E-state index contributed by atoms with van der Waals surface area (Å²) in [5.41, 5.74) is 0. The van der Waals surface area contributed by atoms with Crippen LogP contribution in [0.5, 0.6) is 0 Å². The lowest BCUT2D eigenvalue weighted by Crippen LogP contribution is -2.44. The van der Waals surface area contributed by atoms with E-state index in [9.17, 15) is 4.79 Å². The molecule has 4 fully saturated rings. The molecule has 4 saturated heterocycles. The smallest absolute Gasteiger partial charge is 0.245 e. The summed E-state index contributed by atoms with van der Waals surface area (Å²) < 4.78 is 0. The van der Waals surface area contributed by atoms with E-state index < -0.39 is 0 Å². The standard InChI is InChI=1S/C21H26N8OS2.C18H24N8S2.2CH4/c1-3-19(30)29-6-4-15(5-7-29)31-21-25-17(24-20-23-14-16(13-22)32-20)12-18(26-21)28-10-8-27(2)9-11-28;1-25-6-8-26(9-7-25)16-10-15(22-17-21-12-14(11-19)28-17)23-18(24-16)27-13-2-4-20-5-3-13;;/h3,12,14-15H,1,4-11H2,2H3,(H,23,24,25,26);10,12-13,20H,2-9H2,1H3,(H,21,22,23,24);2*1H4. The molecule has 0 bridgehead atoms. The van der Waals surface area contributed by atoms with Gasteiger partial charge in [0.15, 0.2) is 20.6 Å². The minimum atomic E-state index is -0.00608. The number of piperazine rings is 2. The molecule has 8 rings (SSSR count). The van der Waals surface area contributed by atoms with Crippen LogP contribution in [0.15, 0.2) is 47.5 Å². The van der Waals surface area contributed by atoms with Crippen molar-refractivity contribution in [3.05, 3.63) is 46.9 Å². The number of likely N-dealkylation sites (N-methyl/N-ethyl adjacent to an activating group) is 2. The van der Waals surface area contributed by atoms with Crippen molar-refractivity contribution >= 4 is 85.6 Å². The van der Waals surface area contributed by atoms with Gasteiger partial charge in [0.1, 0.15) is 45.2 Å². The average Bonchev–Trinajstić information content (AvgIpc) is 3.94. The van der Waals surface area contributed by atoms with Gasteiger partial charge in [-0.15, -0.1) is 0 Å². The van der Waals surface area contributed by atoms with Gasteiger partial charge in [0.05, 0.1) is 12.4 Å². The van der Waals surface area contributed by atoms with Crippen molar-refractivity contribution in [3.8, 4) is 12.1 Å². The number of hydrogen-bond acceptors (Lipinski definition) is 20. The first-order chi connectivity index (χ1) is 29.2. The molecule has 0 aromatic carbocycles. The van der Waals surface area contributed by atoms with Crippen molar-refractivity contribution in [1.29, 1.82) is 10.5 Å². The summed E-state index contributed by atoms with van der Waals surface area (Å²) in [6.07, 6.45) is 8.58. The number of likely N-dealkylation sites (tertiary alicyclic amines) is 1. The first kappa shape index (κ1) is 48.4. The van der Waals surface area contributed by atoms with Gasteiger partial charge in [0.25, 0.3) is 0 Å². The maximum atomic E-state index is 11.9. The molecule has 8 heterocycles. The number of nitriles is 2. The molecule has 332 valence electrons. The topological polar surface area (TPSA) is 194 Å². The van der Waals surface area contributed by atoms with Gasteiger partial charge in [-0.3, -0.25) is 4.79 Å². The highest BCUT2D eigenvalue weighted by Crippen LogP contribution is 2.33. The number of thiazole rings is 2. The number of nitrogens with one attached hydrogen (secondary N) is 3. The summed E-state index contributed by atoms with van der Waals surface area (Å²) in [5.74, 6) is 3.26. The summed E-state index contributed by atoms with van der Waals surface area (Å²) in [4.78, 5) is 51.8. The number of thioether (sulfide) groups is 2. The monoisotopic (exact) mass is 918 g/mol. The first-order valence-corrected chi connectivity index (χ1v) is 23.5. The summed E-state index contributed by atoms with van der Waals surface area (Å²) in [6.45, 7) is 14.9. The van der Waals surface area contributed by atoms with Crippen LogP contribution in [0.3, 0.4) is 0 Å². The van der Waals surface area contributed by atoms with Crippen molar-refractivity contribution in [2.45, 2.75) is 61.3 Å². The van der Waals surface area contributed by atoms with Crippen LogP contribution in [-0.4, -0.2) is 154 Å². The summed E-state index contributed by atoms with van der Waals surface area (Å²) >= 11 is 6.07. The number of piperidine rings is 2. The number of carbonyl (C=O) groups is 1. The largest absolute Gasteiger partial charge is 0.354 e. The van der Waals surface area contributed by atoms with E-state index in [1.165, 1.54) is 28.7 Å². The van der Waals surface area contributed by atoms with E-state index in [1.54, 1.807) is 35.9 Å². The molecule has 0 atom stereocenters. The molecule has 0 saturated carbocycles. The number of rotatable bonds is 11. The second kappa shape index (κ2) is 23.7. The fourth-order valence-electron chi connectivity index (χ4n) is 6.98. The average molecular weight is 919 g/mol. The van der Waals surface area contributed by atoms with Gasteiger partial charge in [-0.25, -0.2) is 29.9 Å². The van der Waals surface area contributed by atoms with Crippen LogP contribution in [0.2, 0.25) is 0 Å². The maximum absolute atomic E-state index is 11.9. The molecule has 0 aliphatic carbocycles. The van der Waals surface area contributed by atoms with E-state index >= 15 is 0 Å². The molecule has 4 aliphatic heterocycles. The molecule has 4 aromatic rings. The Bertz CT molecular complexity index is 2140. The predicted molar refractivity (Wildman–Crippen MR) is 255 cm³/mol. The quantitative estimate of drug-likeness (QED) is 0.117. The fourth-order valence-corrected chi connectivity index (χ4v) is 10.3. The third-order valence-corrected chi connectivity index (χ3v) is 14.5. The van der Waals surface area contributed by atoms with Crippen molar-refractivity contribution in [1.82, 2.24) is 49.9 Å². The van der Waals surface area contributed by atoms with Crippen LogP contribution in [-0.2, 0) is 4.79 Å². The molecule has 3 N–H and O–H groups in total. The maximum Gasteiger partial charge on any atom is 0.245 e. The van der Waals surface area contributed by atoms with Gasteiger partial charge in [-0.05, 0) is 58.9 Å². The molecule has 0 radical (unpaired) electrons. The molecule has 0 spiro atoms. The van der Waals surface area contributed by atoms with Crippen LogP contribution >= 0.6 is 46.2 Å². The number of amides is 1. The van der Waals surface area contributed by atoms with E-state index in [-0.39, 0.29) is 20.8 Å². The number of carbonyl (C=O) groups excluding carboxylic acids is 1. The lowest BCUT2D eigenvalue weighted by atomic mass is 10.1. The molecular formula is C41H58N16OS4. The Kier molecular flexibility index (Phi) is 18.5. The third kappa shape index (κ3) is 13.7. The highest BCUT2D eigenvalue weighted by molar-refractivity contribution is 8.00. The third-order valence-electron chi connectivity index (χ3n) is 10.5. The zero-order valence-electron chi connectivity index (χ0n) is 33.9. The van der Waals surface area contributed by atoms with Gasteiger partial charge < -0.3 is 40.4 Å². The molecule has 62 heavy (non-hydrogen) atoms. The van der Waals surface area contributed by atoms with Crippen molar-refractivity contribution in [2.24, 2.45) is 0 Å². The van der Waals surface area contributed by atoms with Gasteiger partial charge in [-0.1, -0.05) is 67.6 Å². The second-order valence-corrected chi connectivity index (χ2v) is 19.4. The molecule has 21 heteroatoms. The minimum absolute atomic E-state index is 0. The molecule has 0 unspecified atom stereocenters. The Labute approximate surface area is 382 Å². The minimum Gasteiger partial charge on any atom is -0.354 e. The molecular weight excluding hydrogens is 861 g/mol. The summed E-state index contributed by atoms with van der Waals surface area (Å²) in [5, 5.41) is 31.8. The van der Waals surface area contributed by atoms with E-state index in [2.05, 4.69) is 78.3 Å². The van der Waals surface area contributed by atoms with Crippen LogP contribution in [0.1, 0.15) is 50.3 Å². The Hall–Kier alpha value is -4.61. The van der Waals surface area contributed by atoms with Crippen molar-refractivity contribution < 1.29 is 4.79 Å². The second-order valence-electron chi connectivity index (χ2n) is 14.8. The number of aromatic nitrogens is 6. The molecule has 4 aromatic heterocycles. The number of anilines is 6. The summed E-state index contributed by atoms with van der Waals surface area (Å²) in [7, 11) is 4.28. The van der Waals surface area contributed by atoms with E-state index in [0.717, 1.165) is 132 Å². The highest BCUT2D eigenvalue weighted by atomic mass is 32.2. The first-order valence-electron chi connectivity index (χ1n) is 20.1. The number of hydrogen-bond donors (Lipinski definition) is 3. The van der Waals surface area contributed by atoms with E-state index in [0.29, 0.717) is 36.3 Å². The van der Waals surface area contributed by atoms with Crippen molar-refractivity contribution in [2.75, 3.05) is 113 Å². The lowest BCUT2D eigenvalue weighted by Gasteiger charge is -2.33. The van der Waals surface area contributed by atoms with Crippen LogP contribution in [0, 0.1) is 22.7 Å². The normalized spacial score (nSPS) is 17.6. The molecule has 1 amide bonds. The predicted octanol–water partition coefficient (Wildman–Crippen LogP) is 5.99. The summed E-state index contributed by atoms with van der Waals surface area (Å²) in [6, 6.07) is 8.18. The lowest BCUT2D eigenvalue weighted by molar-refractivity contribution is -0.126. The van der Waals surface area contributed by atoms with Gasteiger partial charge in [0.2, 0.25) is 5.91 Å². The molecule has 17 nitrogen and oxygen atoms in total. The Morgan fingerprint density at radius 1 is 0.726 bits per heavy atom. The van der Waals surface area contributed by atoms with Gasteiger partial charge in [0, 0.05) is 88.1 Å². The molecule has 4 aliphatic rings. The van der Waals surface area contributed by atoms with Gasteiger partial charge in [-0.2, -0.15) is 10.5 Å². The zero-order valence-corrected chi connectivity index (χ0v) is 37.2. The SMILES string of the molecule is C.C.C=CC(=O)N1CCC(Sc2nc(Nc3ncc(C#N)s3)cc(N3CCN(C)CC3)n2)CC1.CN1CCN(c2cc(Nc3ncc(C#N)s3)nc(SC3CCNCC3)n2)CC1. The Balaban J connectivity index is 0.000000229. The van der Waals surface area contributed by atoms with Crippen LogP contribution in [0.25, 0.3) is 0 Å². The van der Waals surface area contributed by atoms with Gasteiger partial charge >= 0.3 is 0 Å². The highest BCUT2D eigenvalue weighted by Gasteiger charge is 2.25. The van der Waals surface area contributed by atoms with E-state index in [1.807, 2.05) is 17.0 Å². The Morgan fingerprint density at radius 3 is 1.56 bits per heavy atom. The number of nitrogens with zero attached hydrogens (tertiary/aromatic N) is 13.